The van der Waals surface area contributed by atoms with E-state index in [0.29, 0.717) is 5.71 Å². The van der Waals surface area contributed by atoms with Crippen LogP contribution in [0.15, 0.2) is 59.7 Å². The molecule has 0 saturated heterocycles. The number of hydrogen-bond donors (Lipinski definition) is 1. The average Bonchev–Trinajstić information content (AvgIpc) is 3.32. The Labute approximate surface area is 158 Å². The van der Waals surface area contributed by atoms with Crippen LogP contribution in [0.25, 0.3) is 0 Å². The van der Waals surface area contributed by atoms with Gasteiger partial charge in [-0.15, -0.1) is 0 Å². The van der Waals surface area contributed by atoms with Crippen LogP contribution in [0.3, 0.4) is 0 Å². The summed E-state index contributed by atoms with van der Waals surface area (Å²) in [5.41, 5.74) is 9.17. The van der Waals surface area contributed by atoms with E-state index in [1.165, 1.54) is 11.1 Å². The number of benzene rings is 2. The summed E-state index contributed by atoms with van der Waals surface area (Å²) in [6.07, 6.45) is 2.09. The molecule has 4 rings (SSSR count). The first-order valence-electron chi connectivity index (χ1n) is 9.12. The minimum Gasteiger partial charge on any atom is -0.368 e. The van der Waals surface area contributed by atoms with Crippen LogP contribution in [-0.4, -0.2) is 35.5 Å². The van der Waals surface area contributed by atoms with Gasteiger partial charge in [-0.2, -0.15) is 5.10 Å². The molecule has 1 aliphatic carbocycles. The molecular weight excluding hydrogens is 340 g/mol. The summed E-state index contributed by atoms with van der Waals surface area (Å²) in [5.74, 6) is -0.638. The first kappa shape index (κ1) is 17.3. The molecule has 0 spiro atoms. The Balaban J connectivity index is 1.59. The van der Waals surface area contributed by atoms with Gasteiger partial charge in [0.25, 0.3) is 5.91 Å². The van der Waals surface area contributed by atoms with E-state index in [0.717, 1.165) is 18.5 Å². The Kier molecular flexibility index (Phi) is 4.39. The summed E-state index contributed by atoms with van der Waals surface area (Å²) in [6, 6.07) is 16.9. The maximum Gasteiger partial charge on any atom is 0.270 e. The van der Waals surface area contributed by atoms with Gasteiger partial charge in [-0.3, -0.25) is 14.6 Å². The Bertz CT molecular complexity index is 909. The van der Waals surface area contributed by atoms with E-state index in [4.69, 9.17) is 5.73 Å². The normalized spacial score (nSPS) is 20.9. The predicted molar refractivity (Wildman–Crippen MR) is 104 cm³/mol. The lowest BCUT2D eigenvalue weighted by atomic mass is 10.1. The highest BCUT2D eigenvalue weighted by Crippen LogP contribution is 2.35. The minimum absolute atomic E-state index is 0.0363. The van der Waals surface area contributed by atoms with Gasteiger partial charge in [0.15, 0.2) is 0 Å². The molecule has 2 aliphatic rings. The standard InChI is InChI=1S/C21H22N4O2/c1-24(18-12-11-14-7-5-6-10-16(14)18)21(27)17-13-19(20(22)26)25(23-17)15-8-3-2-4-9-15/h2-10,18-19H,11-13H2,1H3,(H2,22,26)/t18-,19-/m1/s1. The molecule has 0 radical (unpaired) electrons. The zero-order valence-corrected chi connectivity index (χ0v) is 15.2. The molecule has 2 aromatic carbocycles. The number of fused-ring (bicyclic) bond motifs is 1. The molecule has 6 heteroatoms. The number of para-hydroxylation sites is 1. The van der Waals surface area contributed by atoms with Crippen molar-refractivity contribution < 1.29 is 9.59 Å². The smallest absolute Gasteiger partial charge is 0.270 e. The highest BCUT2D eigenvalue weighted by atomic mass is 16.2. The highest BCUT2D eigenvalue weighted by molar-refractivity contribution is 6.40. The number of aryl methyl sites for hydroxylation is 1. The lowest BCUT2D eigenvalue weighted by molar-refractivity contribution is -0.125. The molecule has 2 aromatic rings. The zero-order chi connectivity index (χ0) is 19.0. The van der Waals surface area contributed by atoms with Crippen molar-refractivity contribution in [2.24, 2.45) is 10.8 Å². The van der Waals surface area contributed by atoms with Crippen molar-refractivity contribution in [2.75, 3.05) is 12.1 Å². The quantitative estimate of drug-likeness (QED) is 0.906. The van der Waals surface area contributed by atoms with Crippen LogP contribution < -0.4 is 10.7 Å². The fourth-order valence-electron chi connectivity index (χ4n) is 3.96. The summed E-state index contributed by atoms with van der Waals surface area (Å²) in [4.78, 5) is 26.8. The molecule has 2 amide bonds. The van der Waals surface area contributed by atoms with Gasteiger partial charge in [-0.25, -0.2) is 0 Å². The van der Waals surface area contributed by atoms with Gasteiger partial charge < -0.3 is 10.6 Å². The van der Waals surface area contributed by atoms with Crippen LogP contribution in [0.5, 0.6) is 0 Å². The minimum atomic E-state index is -0.643. The maximum atomic E-state index is 13.1. The van der Waals surface area contributed by atoms with Crippen molar-refractivity contribution in [3.63, 3.8) is 0 Å². The van der Waals surface area contributed by atoms with Crippen molar-refractivity contribution in [1.29, 1.82) is 0 Å². The van der Waals surface area contributed by atoms with Gasteiger partial charge >= 0.3 is 0 Å². The fraction of sp³-hybridized carbons (Fsp3) is 0.286. The van der Waals surface area contributed by atoms with Crippen LogP contribution >= 0.6 is 0 Å². The summed E-state index contributed by atoms with van der Waals surface area (Å²) < 4.78 is 0. The van der Waals surface area contributed by atoms with Gasteiger partial charge in [0.1, 0.15) is 11.8 Å². The molecule has 138 valence electrons. The van der Waals surface area contributed by atoms with Crippen molar-refractivity contribution in [3.8, 4) is 0 Å². The number of hydrogen-bond acceptors (Lipinski definition) is 4. The third kappa shape index (κ3) is 3.07. The fourth-order valence-corrected chi connectivity index (χ4v) is 3.96. The molecule has 27 heavy (non-hydrogen) atoms. The first-order valence-corrected chi connectivity index (χ1v) is 9.12. The highest BCUT2D eigenvalue weighted by Gasteiger charge is 2.38. The van der Waals surface area contributed by atoms with Gasteiger partial charge in [0, 0.05) is 13.5 Å². The number of nitrogens with zero attached hydrogens (tertiary/aromatic N) is 3. The summed E-state index contributed by atoms with van der Waals surface area (Å²) >= 11 is 0. The average molecular weight is 362 g/mol. The van der Waals surface area contributed by atoms with E-state index < -0.39 is 11.9 Å². The Hall–Kier alpha value is -3.15. The largest absolute Gasteiger partial charge is 0.368 e. The molecule has 0 unspecified atom stereocenters. The zero-order valence-electron chi connectivity index (χ0n) is 15.2. The van der Waals surface area contributed by atoms with Crippen LogP contribution in [0.2, 0.25) is 0 Å². The summed E-state index contributed by atoms with van der Waals surface area (Å²) in [5, 5.41) is 6.03. The molecule has 0 saturated carbocycles. The third-order valence-corrected chi connectivity index (χ3v) is 5.40. The van der Waals surface area contributed by atoms with Crippen molar-refractivity contribution in [3.05, 3.63) is 65.7 Å². The number of amides is 2. The van der Waals surface area contributed by atoms with Crippen LogP contribution in [0.4, 0.5) is 5.69 Å². The second kappa shape index (κ2) is 6.87. The molecule has 0 aromatic heterocycles. The SMILES string of the molecule is CN(C(=O)C1=NN(c2ccccc2)[C@@H](C(N)=O)C1)[C@@H]1CCc2ccccc21. The van der Waals surface area contributed by atoms with Gasteiger partial charge in [-0.1, -0.05) is 42.5 Å². The second-order valence-corrected chi connectivity index (χ2v) is 7.02. The van der Waals surface area contributed by atoms with Gasteiger partial charge in [-0.05, 0) is 36.1 Å². The first-order chi connectivity index (χ1) is 13.1. The number of anilines is 1. The van der Waals surface area contributed by atoms with E-state index in [9.17, 15) is 9.59 Å². The van der Waals surface area contributed by atoms with Crippen LogP contribution in [0.1, 0.15) is 30.0 Å². The molecule has 2 atom stereocenters. The predicted octanol–water partition coefficient (Wildman–Crippen LogP) is 2.25. The number of carbonyl (C=O) groups is 2. The van der Waals surface area contributed by atoms with Crippen LogP contribution in [0, 0.1) is 0 Å². The summed E-state index contributed by atoms with van der Waals surface area (Å²) in [7, 11) is 1.81. The monoisotopic (exact) mass is 362 g/mol. The molecule has 0 bridgehead atoms. The Morgan fingerprint density at radius 3 is 2.56 bits per heavy atom. The van der Waals surface area contributed by atoms with Crippen molar-refractivity contribution in [2.45, 2.75) is 31.3 Å². The van der Waals surface area contributed by atoms with Crippen LogP contribution in [-0.2, 0) is 16.0 Å². The number of carbonyl (C=O) groups excluding carboxylic acids is 2. The molecule has 2 N–H and O–H groups in total. The van der Waals surface area contributed by atoms with Crippen molar-refractivity contribution in [1.82, 2.24) is 4.90 Å². The van der Waals surface area contributed by atoms with E-state index in [-0.39, 0.29) is 18.4 Å². The lowest BCUT2D eigenvalue weighted by Gasteiger charge is -2.25. The Morgan fingerprint density at radius 1 is 1.11 bits per heavy atom. The van der Waals surface area contributed by atoms with Gasteiger partial charge in [0.05, 0.1) is 11.7 Å². The van der Waals surface area contributed by atoms with E-state index >= 15 is 0 Å². The third-order valence-electron chi connectivity index (χ3n) is 5.40. The molecular formula is C21H22N4O2. The van der Waals surface area contributed by atoms with E-state index in [1.54, 1.807) is 9.91 Å². The Morgan fingerprint density at radius 2 is 1.81 bits per heavy atom. The topological polar surface area (TPSA) is 79.0 Å². The number of nitrogens with two attached hydrogens (primary N) is 1. The number of rotatable bonds is 4. The van der Waals surface area contributed by atoms with E-state index in [2.05, 4.69) is 17.2 Å². The van der Waals surface area contributed by atoms with E-state index in [1.807, 2.05) is 49.5 Å². The number of primary amides is 1. The molecule has 1 aliphatic heterocycles. The van der Waals surface area contributed by atoms with Crippen molar-refractivity contribution >= 4 is 23.2 Å². The lowest BCUT2D eigenvalue weighted by Crippen LogP contribution is -2.40. The molecule has 1 heterocycles. The van der Waals surface area contributed by atoms with Gasteiger partial charge in [0.2, 0.25) is 5.91 Å². The molecule has 6 nitrogen and oxygen atoms in total. The summed E-state index contributed by atoms with van der Waals surface area (Å²) in [6.45, 7) is 0. The molecule has 0 fully saturated rings. The second-order valence-electron chi connectivity index (χ2n) is 7.02. The number of hydrazone groups is 1. The maximum absolute atomic E-state index is 13.1.